The molecule has 3 rings (SSSR count). The topological polar surface area (TPSA) is 58.1 Å². The molecule has 1 fully saturated rings. The van der Waals surface area contributed by atoms with Crippen molar-refractivity contribution in [3.05, 3.63) is 23.8 Å². The highest BCUT2D eigenvalue weighted by Crippen LogP contribution is 2.32. The van der Waals surface area contributed by atoms with Gasteiger partial charge in [-0.15, -0.1) is 24.0 Å². The third-order valence-corrected chi connectivity index (χ3v) is 5.23. The van der Waals surface area contributed by atoms with Crippen molar-refractivity contribution in [1.82, 2.24) is 15.5 Å². The lowest BCUT2D eigenvalue weighted by Gasteiger charge is -2.33. The van der Waals surface area contributed by atoms with Crippen LogP contribution in [0.1, 0.15) is 44.6 Å². The van der Waals surface area contributed by atoms with Crippen LogP contribution in [-0.2, 0) is 6.54 Å². The van der Waals surface area contributed by atoms with Crippen LogP contribution in [0.25, 0.3) is 0 Å². The van der Waals surface area contributed by atoms with Gasteiger partial charge in [-0.05, 0) is 63.4 Å². The zero-order valence-electron chi connectivity index (χ0n) is 16.5. The number of hydrogen-bond acceptors (Lipinski definition) is 4. The van der Waals surface area contributed by atoms with Gasteiger partial charge in [0.15, 0.2) is 17.5 Å². The molecule has 152 valence electrons. The molecule has 1 unspecified atom stereocenters. The maximum atomic E-state index is 5.42. The first-order chi connectivity index (χ1) is 12.8. The summed E-state index contributed by atoms with van der Waals surface area (Å²) >= 11 is 0. The molecule has 0 spiro atoms. The van der Waals surface area contributed by atoms with E-state index >= 15 is 0 Å². The van der Waals surface area contributed by atoms with Gasteiger partial charge in [0, 0.05) is 26.2 Å². The van der Waals surface area contributed by atoms with E-state index in [9.17, 15) is 0 Å². The molecule has 1 saturated heterocycles. The first kappa shape index (κ1) is 22.1. The van der Waals surface area contributed by atoms with Crippen LogP contribution in [0.3, 0.4) is 0 Å². The van der Waals surface area contributed by atoms with Crippen molar-refractivity contribution in [2.24, 2.45) is 4.99 Å². The number of nitrogens with one attached hydrogen (secondary N) is 2. The number of unbranched alkanes of at least 4 members (excludes halogenated alkanes) is 1. The van der Waals surface area contributed by atoms with E-state index in [1.165, 1.54) is 38.8 Å². The molecule has 1 atom stereocenters. The van der Waals surface area contributed by atoms with Gasteiger partial charge in [0.05, 0.1) is 0 Å². The second kappa shape index (κ2) is 11.6. The Balaban J connectivity index is 0.00000261. The minimum atomic E-state index is 0. The molecule has 0 saturated carbocycles. The van der Waals surface area contributed by atoms with Crippen LogP contribution in [0.5, 0.6) is 11.5 Å². The Kier molecular flexibility index (Phi) is 9.47. The largest absolute Gasteiger partial charge is 0.454 e. The van der Waals surface area contributed by atoms with Crippen molar-refractivity contribution in [3.8, 4) is 11.5 Å². The summed E-state index contributed by atoms with van der Waals surface area (Å²) in [5, 5.41) is 6.76. The van der Waals surface area contributed by atoms with Gasteiger partial charge in [-0.25, -0.2) is 0 Å². The SMILES string of the molecule is CN=C(NCCCCN1CCCCC1C)NCc1ccc2c(c1)OCO2.I. The number of halogens is 1. The van der Waals surface area contributed by atoms with Crippen LogP contribution in [0.4, 0.5) is 0 Å². The lowest BCUT2D eigenvalue weighted by atomic mass is 10.0. The minimum absolute atomic E-state index is 0. The minimum Gasteiger partial charge on any atom is -0.454 e. The number of rotatable bonds is 7. The molecule has 2 aliphatic rings. The fourth-order valence-corrected chi connectivity index (χ4v) is 3.59. The van der Waals surface area contributed by atoms with Crippen LogP contribution in [-0.4, -0.2) is 50.4 Å². The Bertz CT molecular complexity index is 612. The molecular weight excluding hydrogens is 455 g/mol. The molecule has 1 aromatic rings. The van der Waals surface area contributed by atoms with E-state index in [1.54, 1.807) is 0 Å². The highest BCUT2D eigenvalue weighted by atomic mass is 127. The normalized spacial score (nSPS) is 19.5. The average molecular weight is 488 g/mol. The summed E-state index contributed by atoms with van der Waals surface area (Å²) in [7, 11) is 1.81. The molecule has 2 N–H and O–H groups in total. The fourth-order valence-electron chi connectivity index (χ4n) is 3.59. The number of aliphatic imine (C=N–C) groups is 1. The van der Waals surface area contributed by atoms with Crippen LogP contribution >= 0.6 is 24.0 Å². The number of benzene rings is 1. The van der Waals surface area contributed by atoms with Crippen molar-refractivity contribution in [3.63, 3.8) is 0 Å². The number of nitrogens with zero attached hydrogens (tertiary/aromatic N) is 2. The molecule has 0 bridgehead atoms. The molecular formula is C20H33IN4O2. The van der Waals surface area contributed by atoms with Crippen molar-refractivity contribution in [2.75, 3.05) is 33.5 Å². The van der Waals surface area contributed by atoms with Crippen LogP contribution in [0.2, 0.25) is 0 Å². The third-order valence-electron chi connectivity index (χ3n) is 5.23. The number of hydrogen-bond donors (Lipinski definition) is 2. The molecule has 0 aliphatic carbocycles. The maximum absolute atomic E-state index is 5.42. The van der Waals surface area contributed by atoms with Gasteiger partial charge in [-0.1, -0.05) is 12.5 Å². The lowest BCUT2D eigenvalue weighted by molar-refractivity contribution is 0.158. The summed E-state index contributed by atoms with van der Waals surface area (Å²) in [4.78, 5) is 6.94. The highest BCUT2D eigenvalue weighted by Gasteiger charge is 2.17. The van der Waals surface area contributed by atoms with Gasteiger partial charge in [-0.2, -0.15) is 0 Å². The average Bonchev–Trinajstić information content (AvgIpc) is 3.13. The maximum Gasteiger partial charge on any atom is 0.231 e. The third kappa shape index (κ3) is 6.71. The molecule has 1 aromatic carbocycles. The first-order valence-electron chi connectivity index (χ1n) is 9.83. The number of piperidine rings is 1. The summed E-state index contributed by atoms with van der Waals surface area (Å²) < 4.78 is 10.8. The smallest absolute Gasteiger partial charge is 0.231 e. The van der Waals surface area contributed by atoms with E-state index < -0.39 is 0 Å². The molecule has 0 amide bonds. The van der Waals surface area contributed by atoms with E-state index in [4.69, 9.17) is 9.47 Å². The van der Waals surface area contributed by atoms with Gasteiger partial charge >= 0.3 is 0 Å². The quantitative estimate of drug-likeness (QED) is 0.267. The van der Waals surface area contributed by atoms with Gasteiger partial charge < -0.3 is 25.0 Å². The first-order valence-corrected chi connectivity index (χ1v) is 9.83. The summed E-state index contributed by atoms with van der Waals surface area (Å²) in [6.45, 7) is 6.81. The van der Waals surface area contributed by atoms with Crippen molar-refractivity contribution < 1.29 is 9.47 Å². The van der Waals surface area contributed by atoms with Crippen molar-refractivity contribution in [2.45, 2.75) is 51.6 Å². The lowest BCUT2D eigenvalue weighted by Crippen LogP contribution is -2.39. The zero-order chi connectivity index (χ0) is 18.2. The van der Waals surface area contributed by atoms with E-state index in [1.807, 2.05) is 25.2 Å². The number of ether oxygens (including phenoxy) is 2. The monoisotopic (exact) mass is 488 g/mol. The van der Waals surface area contributed by atoms with Gasteiger partial charge in [-0.3, -0.25) is 4.99 Å². The molecule has 0 radical (unpaired) electrons. The summed E-state index contributed by atoms with van der Waals surface area (Å²) in [6.07, 6.45) is 6.50. The Morgan fingerprint density at radius 2 is 2.04 bits per heavy atom. The number of fused-ring (bicyclic) bond motifs is 1. The predicted octanol–water partition coefficient (Wildman–Crippen LogP) is 3.35. The van der Waals surface area contributed by atoms with E-state index in [-0.39, 0.29) is 24.0 Å². The highest BCUT2D eigenvalue weighted by molar-refractivity contribution is 14.0. The number of likely N-dealkylation sites (tertiary alicyclic amines) is 1. The van der Waals surface area contributed by atoms with Crippen LogP contribution < -0.4 is 20.1 Å². The molecule has 0 aromatic heterocycles. The van der Waals surface area contributed by atoms with Gasteiger partial charge in [0.25, 0.3) is 0 Å². The summed E-state index contributed by atoms with van der Waals surface area (Å²) in [6, 6.07) is 6.78. The fraction of sp³-hybridized carbons (Fsp3) is 0.650. The summed E-state index contributed by atoms with van der Waals surface area (Å²) in [5.41, 5.74) is 1.15. The van der Waals surface area contributed by atoms with Gasteiger partial charge in [0.1, 0.15) is 0 Å². The van der Waals surface area contributed by atoms with Crippen LogP contribution in [0.15, 0.2) is 23.2 Å². The van der Waals surface area contributed by atoms with E-state index in [0.717, 1.165) is 42.0 Å². The summed E-state index contributed by atoms with van der Waals surface area (Å²) in [5.74, 6) is 2.48. The van der Waals surface area contributed by atoms with E-state index in [0.29, 0.717) is 13.3 Å². The second-order valence-corrected chi connectivity index (χ2v) is 7.13. The molecule has 2 heterocycles. The molecule has 6 nitrogen and oxygen atoms in total. The Morgan fingerprint density at radius 1 is 1.19 bits per heavy atom. The number of guanidine groups is 1. The van der Waals surface area contributed by atoms with Crippen LogP contribution in [0, 0.1) is 0 Å². The Morgan fingerprint density at radius 3 is 2.85 bits per heavy atom. The van der Waals surface area contributed by atoms with Crippen molar-refractivity contribution in [1.29, 1.82) is 0 Å². The van der Waals surface area contributed by atoms with Crippen molar-refractivity contribution >= 4 is 29.9 Å². The molecule has 7 heteroatoms. The molecule has 27 heavy (non-hydrogen) atoms. The predicted molar refractivity (Wildman–Crippen MR) is 120 cm³/mol. The second-order valence-electron chi connectivity index (χ2n) is 7.13. The Labute approximate surface area is 180 Å². The van der Waals surface area contributed by atoms with Gasteiger partial charge in [0.2, 0.25) is 6.79 Å². The molecule has 2 aliphatic heterocycles. The zero-order valence-corrected chi connectivity index (χ0v) is 18.8. The Hall–Kier alpha value is -1.22. The standard InChI is InChI=1S/C20H32N4O2.HI/c1-16-7-3-5-11-24(16)12-6-4-10-22-20(21-2)23-14-17-8-9-18-19(13-17)26-15-25-18;/h8-9,13,16H,3-7,10-12,14-15H2,1-2H3,(H2,21,22,23);1H. The van der Waals surface area contributed by atoms with E-state index in [2.05, 4.69) is 27.4 Å².